The summed E-state index contributed by atoms with van der Waals surface area (Å²) in [5.41, 5.74) is 5.20. The van der Waals surface area contributed by atoms with Gasteiger partial charge < -0.3 is 5.73 Å². The molecular weight excluding hydrogens is 213 g/mol. The van der Waals surface area contributed by atoms with E-state index in [0.29, 0.717) is 11.8 Å². The van der Waals surface area contributed by atoms with Crippen LogP contribution in [-0.2, 0) is 0 Å². The summed E-state index contributed by atoms with van der Waals surface area (Å²) in [5, 5.41) is 0.399. The quantitative estimate of drug-likeness (QED) is 0.763. The van der Waals surface area contributed by atoms with Crippen LogP contribution in [-0.4, -0.2) is 47.3 Å². The van der Waals surface area contributed by atoms with E-state index >= 15 is 0 Å². The van der Waals surface area contributed by atoms with Crippen LogP contribution in [0.5, 0.6) is 0 Å². The molecular formula is C8H13F3N2S. The molecule has 2 aliphatic rings. The summed E-state index contributed by atoms with van der Waals surface area (Å²) in [6, 6.07) is -1.33. The number of thioether (sulfide) groups is 1. The number of alkyl halides is 3. The molecule has 2 fully saturated rings. The van der Waals surface area contributed by atoms with E-state index in [1.807, 2.05) is 0 Å². The molecule has 0 radical (unpaired) electrons. The Balaban J connectivity index is 2.06. The highest BCUT2D eigenvalue weighted by atomic mass is 32.2. The number of nitrogens with two attached hydrogens (primary N) is 1. The van der Waals surface area contributed by atoms with E-state index in [1.54, 1.807) is 16.7 Å². The molecule has 0 amide bonds. The molecule has 2 saturated heterocycles. The van der Waals surface area contributed by atoms with Crippen molar-refractivity contribution in [1.82, 2.24) is 4.90 Å². The van der Waals surface area contributed by atoms with Crippen LogP contribution in [0.4, 0.5) is 13.2 Å². The third-order valence-corrected chi connectivity index (χ3v) is 4.33. The van der Waals surface area contributed by atoms with Gasteiger partial charge in [0.1, 0.15) is 6.04 Å². The predicted molar refractivity (Wildman–Crippen MR) is 50.3 cm³/mol. The minimum atomic E-state index is -4.18. The van der Waals surface area contributed by atoms with Crippen LogP contribution in [0.1, 0.15) is 6.42 Å². The van der Waals surface area contributed by atoms with Crippen molar-refractivity contribution in [2.24, 2.45) is 5.73 Å². The Morgan fingerprint density at radius 3 is 2.57 bits per heavy atom. The topological polar surface area (TPSA) is 29.3 Å². The fraction of sp³-hybridized carbons (Fsp3) is 1.00. The van der Waals surface area contributed by atoms with Gasteiger partial charge in [0.25, 0.3) is 0 Å². The summed E-state index contributed by atoms with van der Waals surface area (Å²) in [6.07, 6.45) is -3.28. The molecule has 0 aromatic carbocycles. The SMILES string of the molecule is NCC(N1CC2CC1CS2)C(F)(F)F. The summed E-state index contributed by atoms with van der Waals surface area (Å²) in [6.45, 7) is 0.230. The molecule has 2 N–H and O–H groups in total. The summed E-state index contributed by atoms with van der Waals surface area (Å²) >= 11 is 1.78. The lowest BCUT2D eigenvalue weighted by Crippen LogP contribution is -2.53. The zero-order valence-electron chi connectivity index (χ0n) is 7.63. The highest BCUT2D eigenvalue weighted by Crippen LogP contribution is 2.41. The molecule has 6 heteroatoms. The molecule has 14 heavy (non-hydrogen) atoms. The molecule has 82 valence electrons. The van der Waals surface area contributed by atoms with Gasteiger partial charge in [-0.05, 0) is 6.42 Å². The normalized spacial score (nSPS) is 35.1. The summed E-state index contributed by atoms with van der Waals surface area (Å²) in [7, 11) is 0. The Kier molecular flexibility index (Phi) is 2.70. The molecule has 3 unspecified atom stereocenters. The number of nitrogens with zero attached hydrogens (tertiary/aromatic N) is 1. The molecule has 0 saturated carbocycles. The smallest absolute Gasteiger partial charge is 0.329 e. The van der Waals surface area contributed by atoms with Gasteiger partial charge >= 0.3 is 6.18 Å². The maximum absolute atomic E-state index is 12.6. The van der Waals surface area contributed by atoms with Crippen LogP contribution >= 0.6 is 11.8 Å². The number of likely N-dealkylation sites (tertiary alicyclic amines) is 1. The second-order valence-corrected chi connectivity index (χ2v) is 5.17. The Morgan fingerprint density at radius 2 is 2.21 bits per heavy atom. The molecule has 2 bridgehead atoms. The summed E-state index contributed by atoms with van der Waals surface area (Å²) < 4.78 is 37.7. The molecule has 3 atom stereocenters. The fourth-order valence-corrected chi connectivity index (χ4v) is 3.73. The van der Waals surface area contributed by atoms with Crippen molar-refractivity contribution in [3.8, 4) is 0 Å². The van der Waals surface area contributed by atoms with Crippen LogP contribution in [0, 0.1) is 0 Å². The van der Waals surface area contributed by atoms with E-state index < -0.39 is 12.2 Å². The highest BCUT2D eigenvalue weighted by molar-refractivity contribution is 8.00. The number of rotatable bonds is 2. The van der Waals surface area contributed by atoms with Crippen LogP contribution in [0.2, 0.25) is 0 Å². The first-order chi connectivity index (χ1) is 6.52. The first-order valence-corrected chi connectivity index (χ1v) is 5.71. The summed E-state index contributed by atoms with van der Waals surface area (Å²) in [4.78, 5) is 1.54. The third kappa shape index (κ3) is 1.75. The van der Waals surface area contributed by atoms with Crippen LogP contribution < -0.4 is 5.73 Å². The lowest BCUT2D eigenvalue weighted by atomic mass is 10.2. The standard InChI is InChI=1S/C8H13F3N2S/c9-8(10,11)7(2-12)13-3-6-1-5(13)4-14-6/h5-7H,1-4,12H2. The largest absolute Gasteiger partial charge is 0.405 e. The summed E-state index contributed by atoms with van der Waals surface area (Å²) in [5.74, 6) is 0.831. The van der Waals surface area contributed by atoms with Crippen LogP contribution in [0.15, 0.2) is 0 Å². The fourth-order valence-electron chi connectivity index (χ4n) is 2.27. The van der Waals surface area contributed by atoms with Gasteiger partial charge in [-0.3, -0.25) is 4.90 Å². The Morgan fingerprint density at radius 1 is 1.50 bits per heavy atom. The molecule has 0 aromatic heterocycles. The van der Waals surface area contributed by atoms with E-state index in [1.165, 1.54) is 0 Å². The Hall–Kier alpha value is 0.0600. The second-order valence-electron chi connectivity index (χ2n) is 3.83. The lowest BCUT2D eigenvalue weighted by Gasteiger charge is -2.34. The van der Waals surface area contributed by atoms with E-state index in [4.69, 9.17) is 5.73 Å². The van der Waals surface area contributed by atoms with E-state index in [9.17, 15) is 13.2 Å². The first kappa shape index (κ1) is 10.6. The van der Waals surface area contributed by atoms with E-state index in [0.717, 1.165) is 12.2 Å². The number of hydrogen-bond acceptors (Lipinski definition) is 3. The van der Waals surface area contributed by atoms with Gasteiger partial charge in [0.05, 0.1) is 0 Å². The molecule has 2 rings (SSSR count). The van der Waals surface area contributed by atoms with Crippen LogP contribution in [0.25, 0.3) is 0 Å². The lowest BCUT2D eigenvalue weighted by molar-refractivity contribution is -0.182. The van der Waals surface area contributed by atoms with Crippen molar-refractivity contribution in [3.05, 3.63) is 0 Å². The van der Waals surface area contributed by atoms with Gasteiger partial charge in [0, 0.05) is 30.1 Å². The molecule has 2 nitrogen and oxygen atoms in total. The predicted octanol–water partition coefficient (Wildman–Crippen LogP) is 1.07. The molecule has 0 aromatic rings. The van der Waals surface area contributed by atoms with E-state index in [2.05, 4.69) is 0 Å². The van der Waals surface area contributed by atoms with Gasteiger partial charge in [-0.1, -0.05) is 0 Å². The van der Waals surface area contributed by atoms with Crippen molar-refractivity contribution in [2.45, 2.75) is 29.9 Å². The maximum atomic E-state index is 12.6. The Bertz CT molecular complexity index is 221. The monoisotopic (exact) mass is 226 g/mol. The van der Waals surface area contributed by atoms with Crippen molar-refractivity contribution in [1.29, 1.82) is 0 Å². The zero-order valence-corrected chi connectivity index (χ0v) is 8.44. The van der Waals surface area contributed by atoms with Crippen molar-refractivity contribution in [2.75, 3.05) is 18.8 Å². The van der Waals surface area contributed by atoms with Gasteiger partial charge in [0.15, 0.2) is 0 Å². The average molecular weight is 226 g/mol. The van der Waals surface area contributed by atoms with Gasteiger partial charge in [-0.2, -0.15) is 24.9 Å². The Labute approximate surface area is 85.0 Å². The van der Waals surface area contributed by atoms with Crippen molar-refractivity contribution >= 4 is 11.8 Å². The van der Waals surface area contributed by atoms with Crippen molar-refractivity contribution < 1.29 is 13.2 Å². The van der Waals surface area contributed by atoms with Crippen molar-refractivity contribution in [3.63, 3.8) is 0 Å². The number of hydrogen-bond donors (Lipinski definition) is 1. The minimum absolute atomic E-state index is 0.0974. The van der Waals surface area contributed by atoms with Gasteiger partial charge in [-0.15, -0.1) is 0 Å². The number of fused-ring (bicyclic) bond motifs is 2. The van der Waals surface area contributed by atoms with Gasteiger partial charge in [-0.25, -0.2) is 0 Å². The minimum Gasteiger partial charge on any atom is -0.329 e. The zero-order chi connectivity index (χ0) is 10.3. The number of halogens is 3. The second kappa shape index (κ2) is 3.57. The van der Waals surface area contributed by atoms with Crippen LogP contribution in [0.3, 0.4) is 0 Å². The molecule has 0 aliphatic carbocycles. The first-order valence-electron chi connectivity index (χ1n) is 4.66. The highest BCUT2D eigenvalue weighted by Gasteiger charge is 2.50. The van der Waals surface area contributed by atoms with E-state index in [-0.39, 0.29) is 12.6 Å². The average Bonchev–Trinajstić information content (AvgIpc) is 2.63. The molecule has 0 spiro atoms. The molecule has 2 heterocycles. The third-order valence-electron chi connectivity index (χ3n) is 2.94. The maximum Gasteiger partial charge on any atom is 0.405 e. The van der Waals surface area contributed by atoms with Gasteiger partial charge in [0.2, 0.25) is 0 Å². The molecule has 2 aliphatic heterocycles.